The highest BCUT2D eigenvalue weighted by molar-refractivity contribution is 5.84. The molecule has 0 saturated heterocycles. The van der Waals surface area contributed by atoms with Crippen LogP contribution >= 0.6 is 0 Å². The van der Waals surface area contributed by atoms with Gasteiger partial charge >= 0.3 is 0 Å². The Kier molecular flexibility index (Phi) is 1.76. The van der Waals surface area contributed by atoms with Crippen LogP contribution in [0, 0.1) is 5.92 Å². The van der Waals surface area contributed by atoms with Crippen LogP contribution in [0.15, 0.2) is 12.2 Å². The average Bonchev–Trinajstić information content (AvgIpc) is 2.63. The number of carbonyl (C=O) groups is 1. The number of amides is 1. The van der Waals surface area contributed by atoms with Crippen LogP contribution in [0.4, 0.5) is 0 Å². The quantitative estimate of drug-likeness (QED) is 0.416. The Morgan fingerprint density at radius 2 is 2.40 bits per heavy atom. The molecule has 0 bridgehead atoms. The zero-order valence-corrected chi connectivity index (χ0v) is 6.26. The summed E-state index contributed by atoms with van der Waals surface area (Å²) >= 11 is 0. The highest BCUT2D eigenvalue weighted by atomic mass is 16.7. The molecule has 0 aliphatic heterocycles. The summed E-state index contributed by atoms with van der Waals surface area (Å²) < 4.78 is 0. The molecule has 1 amide bonds. The topological polar surface area (TPSA) is 29.5 Å². The van der Waals surface area contributed by atoms with Gasteiger partial charge in [-0.25, -0.2) is 5.06 Å². The molecule has 3 heteroatoms. The molecule has 0 aromatic carbocycles. The summed E-state index contributed by atoms with van der Waals surface area (Å²) in [6.07, 6.45) is 0.826. The van der Waals surface area contributed by atoms with Crippen LogP contribution in [0.3, 0.4) is 0 Å². The first-order chi connectivity index (χ1) is 4.66. The van der Waals surface area contributed by atoms with Gasteiger partial charge in [-0.2, -0.15) is 0 Å². The Hall–Kier alpha value is -0.830. The van der Waals surface area contributed by atoms with Gasteiger partial charge in [-0.05, 0) is 6.42 Å². The molecule has 0 aromatic rings. The third-order valence-electron chi connectivity index (χ3n) is 1.68. The molecular weight excluding hydrogens is 130 g/mol. The molecule has 56 valence electrons. The van der Waals surface area contributed by atoms with Crippen molar-refractivity contribution in [2.45, 2.75) is 6.42 Å². The molecule has 0 spiro atoms. The molecule has 0 radical (unpaired) electrons. The zero-order valence-electron chi connectivity index (χ0n) is 6.26. The van der Waals surface area contributed by atoms with Crippen molar-refractivity contribution in [1.82, 2.24) is 5.06 Å². The van der Waals surface area contributed by atoms with Crippen LogP contribution in [0.1, 0.15) is 6.42 Å². The lowest BCUT2D eigenvalue weighted by molar-refractivity contribution is -0.169. The standard InChI is InChI=1S/C7H11NO2/c1-5-4-6(5)7(9)8(2)10-3/h6H,1,4H2,2-3H3. The molecule has 0 N–H and O–H groups in total. The monoisotopic (exact) mass is 141 g/mol. The van der Waals surface area contributed by atoms with Crippen LogP contribution in [-0.2, 0) is 9.63 Å². The lowest BCUT2D eigenvalue weighted by Gasteiger charge is -2.11. The van der Waals surface area contributed by atoms with Gasteiger partial charge in [-0.1, -0.05) is 12.2 Å². The predicted octanol–water partition coefficient (Wildman–Crippen LogP) is 0.582. The van der Waals surface area contributed by atoms with E-state index in [1.165, 1.54) is 12.2 Å². The van der Waals surface area contributed by atoms with Crippen molar-refractivity contribution in [3.8, 4) is 0 Å². The minimum Gasteiger partial charge on any atom is -0.275 e. The van der Waals surface area contributed by atoms with Gasteiger partial charge in [-0.3, -0.25) is 9.63 Å². The molecule has 3 nitrogen and oxygen atoms in total. The summed E-state index contributed by atoms with van der Waals surface area (Å²) in [6, 6.07) is 0. The summed E-state index contributed by atoms with van der Waals surface area (Å²) in [7, 11) is 3.08. The molecule has 10 heavy (non-hydrogen) atoms. The number of nitrogens with zero attached hydrogens (tertiary/aromatic N) is 1. The fourth-order valence-corrected chi connectivity index (χ4v) is 0.775. The molecule has 1 aliphatic rings. The maximum Gasteiger partial charge on any atom is 0.253 e. The van der Waals surface area contributed by atoms with Gasteiger partial charge in [0.1, 0.15) is 0 Å². The van der Waals surface area contributed by atoms with Gasteiger partial charge in [-0.15, -0.1) is 0 Å². The minimum atomic E-state index is 0.00694. The predicted molar refractivity (Wildman–Crippen MR) is 37.0 cm³/mol. The smallest absolute Gasteiger partial charge is 0.253 e. The van der Waals surface area contributed by atoms with E-state index < -0.39 is 0 Å². The van der Waals surface area contributed by atoms with Gasteiger partial charge in [0.05, 0.1) is 13.0 Å². The van der Waals surface area contributed by atoms with E-state index in [2.05, 4.69) is 6.58 Å². The average molecular weight is 141 g/mol. The lowest BCUT2D eigenvalue weighted by atomic mass is 10.4. The fraction of sp³-hybridized carbons (Fsp3) is 0.571. The first-order valence-corrected chi connectivity index (χ1v) is 3.16. The fourth-order valence-electron chi connectivity index (χ4n) is 0.775. The van der Waals surface area contributed by atoms with Gasteiger partial charge < -0.3 is 0 Å². The molecular formula is C7H11NO2. The third kappa shape index (κ3) is 1.19. The van der Waals surface area contributed by atoms with E-state index in [-0.39, 0.29) is 11.8 Å². The van der Waals surface area contributed by atoms with Crippen LogP contribution in [0.25, 0.3) is 0 Å². The highest BCUT2D eigenvalue weighted by Crippen LogP contribution is 2.36. The first kappa shape index (κ1) is 7.28. The van der Waals surface area contributed by atoms with E-state index in [1.54, 1.807) is 7.05 Å². The highest BCUT2D eigenvalue weighted by Gasteiger charge is 2.36. The molecule has 0 aromatic heterocycles. The number of rotatable bonds is 2. The Morgan fingerprint density at radius 3 is 2.70 bits per heavy atom. The second-order valence-electron chi connectivity index (χ2n) is 2.43. The maximum atomic E-state index is 11.1. The van der Waals surface area contributed by atoms with E-state index in [4.69, 9.17) is 4.84 Å². The van der Waals surface area contributed by atoms with Crippen molar-refractivity contribution in [2.75, 3.05) is 14.2 Å². The SMILES string of the molecule is C=C1CC1C(=O)N(C)OC. The van der Waals surface area contributed by atoms with E-state index >= 15 is 0 Å². The van der Waals surface area contributed by atoms with Crippen LogP contribution in [0.2, 0.25) is 0 Å². The van der Waals surface area contributed by atoms with Gasteiger partial charge in [0, 0.05) is 7.05 Å². The molecule has 1 saturated carbocycles. The first-order valence-electron chi connectivity index (χ1n) is 3.16. The van der Waals surface area contributed by atoms with Gasteiger partial charge in [0.2, 0.25) is 0 Å². The largest absolute Gasteiger partial charge is 0.275 e. The number of hydroxylamine groups is 2. The second-order valence-corrected chi connectivity index (χ2v) is 2.43. The summed E-state index contributed by atoms with van der Waals surface area (Å²) in [5.41, 5.74) is 1.01. The van der Waals surface area contributed by atoms with Crippen LogP contribution < -0.4 is 0 Å². The maximum absolute atomic E-state index is 11.1. The van der Waals surface area contributed by atoms with Crippen LogP contribution in [0.5, 0.6) is 0 Å². The molecule has 1 rings (SSSR count). The van der Waals surface area contributed by atoms with Crippen molar-refractivity contribution in [3.05, 3.63) is 12.2 Å². The molecule has 1 fully saturated rings. The van der Waals surface area contributed by atoms with Crippen molar-refractivity contribution < 1.29 is 9.63 Å². The van der Waals surface area contributed by atoms with Crippen LogP contribution in [-0.4, -0.2) is 25.1 Å². The molecule has 0 heterocycles. The Morgan fingerprint density at radius 1 is 1.90 bits per heavy atom. The summed E-state index contributed by atoms with van der Waals surface area (Å²) in [5.74, 6) is 0.0393. The van der Waals surface area contributed by atoms with Crippen molar-refractivity contribution in [2.24, 2.45) is 5.92 Å². The Labute approximate surface area is 60.2 Å². The molecule has 1 atom stereocenters. The van der Waals surface area contributed by atoms with Gasteiger partial charge in [0.15, 0.2) is 0 Å². The van der Waals surface area contributed by atoms with Gasteiger partial charge in [0.25, 0.3) is 5.91 Å². The van der Waals surface area contributed by atoms with Crippen molar-refractivity contribution in [3.63, 3.8) is 0 Å². The number of hydrogen-bond donors (Lipinski definition) is 0. The second kappa shape index (κ2) is 2.42. The normalized spacial score (nSPS) is 22.6. The lowest BCUT2D eigenvalue weighted by Crippen LogP contribution is -2.26. The molecule has 1 unspecified atom stereocenters. The third-order valence-corrected chi connectivity index (χ3v) is 1.68. The molecule has 1 aliphatic carbocycles. The number of hydrogen-bond acceptors (Lipinski definition) is 2. The summed E-state index contributed by atoms with van der Waals surface area (Å²) in [4.78, 5) is 15.8. The van der Waals surface area contributed by atoms with E-state index in [9.17, 15) is 4.79 Å². The summed E-state index contributed by atoms with van der Waals surface area (Å²) in [6.45, 7) is 3.68. The number of carbonyl (C=O) groups excluding carboxylic acids is 1. The van der Waals surface area contributed by atoms with E-state index in [0.29, 0.717) is 0 Å². The van der Waals surface area contributed by atoms with Crippen molar-refractivity contribution >= 4 is 5.91 Å². The van der Waals surface area contributed by atoms with E-state index in [1.807, 2.05) is 0 Å². The van der Waals surface area contributed by atoms with E-state index in [0.717, 1.165) is 12.0 Å². The Balaban J connectivity index is 2.42. The zero-order chi connectivity index (χ0) is 7.72. The van der Waals surface area contributed by atoms with Crippen molar-refractivity contribution in [1.29, 1.82) is 0 Å². The minimum absolute atomic E-state index is 0.00694. The summed E-state index contributed by atoms with van der Waals surface area (Å²) in [5, 5.41) is 1.24. The Bertz CT molecular complexity index is 176.